The number of hydrogen-bond donors (Lipinski definition) is 1. The smallest absolute Gasteiger partial charge is 0.294 e. The molecule has 0 spiro atoms. The van der Waals surface area contributed by atoms with Crippen molar-refractivity contribution in [1.29, 1.82) is 0 Å². The van der Waals surface area contributed by atoms with Gasteiger partial charge in [-0.05, 0) is 60.4 Å². The molecule has 9 heteroatoms. The Hall–Kier alpha value is -2.16. The molecule has 32 heavy (non-hydrogen) atoms. The maximum atomic E-state index is 12.7. The zero-order chi connectivity index (χ0) is 22.7. The molecule has 5 nitrogen and oxygen atoms in total. The third-order valence-electron chi connectivity index (χ3n) is 5.08. The summed E-state index contributed by atoms with van der Waals surface area (Å²) < 4.78 is 30.4. The highest BCUT2D eigenvalue weighted by atomic mass is 35.5. The van der Waals surface area contributed by atoms with E-state index in [0.717, 1.165) is 22.5 Å². The number of nitrogens with zero attached hydrogens (tertiary/aromatic N) is 1. The molecule has 0 saturated carbocycles. The molecular weight excluding hydrogens is 487 g/mol. The minimum atomic E-state index is -3.69. The molecule has 0 aliphatic heterocycles. The van der Waals surface area contributed by atoms with Crippen LogP contribution in [0.3, 0.4) is 0 Å². The van der Waals surface area contributed by atoms with Gasteiger partial charge < -0.3 is 0 Å². The Kier molecular flexibility index (Phi) is 7.02. The monoisotopic (exact) mass is 506 g/mol. The van der Waals surface area contributed by atoms with Crippen molar-refractivity contribution in [2.24, 2.45) is 0 Å². The summed E-state index contributed by atoms with van der Waals surface area (Å²) in [6, 6.07) is 19.6. The van der Waals surface area contributed by atoms with E-state index in [-0.39, 0.29) is 9.77 Å². The molecule has 0 aliphatic carbocycles. The van der Waals surface area contributed by atoms with E-state index in [1.807, 2.05) is 36.4 Å². The molecule has 4 rings (SSSR count). The van der Waals surface area contributed by atoms with Crippen molar-refractivity contribution in [1.82, 2.24) is 9.29 Å². The number of rotatable bonds is 8. The number of hydrogen-bond acceptors (Lipinski definition) is 4. The first-order valence-electron chi connectivity index (χ1n) is 9.94. The lowest BCUT2D eigenvalue weighted by atomic mass is 10.1. The second kappa shape index (κ2) is 9.77. The molecule has 0 unspecified atom stereocenters. The van der Waals surface area contributed by atoms with Gasteiger partial charge in [0.05, 0.1) is 21.7 Å². The molecule has 0 saturated heterocycles. The normalized spacial score (nSPS) is 11.8. The van der Waals surface area contributed by atoms with Gasteiger partial charge in [0.15, 0.2) is 0 Å². The molecule has 0 bridgehead atoms. The van der Waals surface area contributed by atoms with Crippen LogP contribution in [0.4, 0.5) is 0 Å². The van der Waals surface area contributed by atoms with Gasteiger partial charge in [0.1, 0.15) is 0 Å². The van der Waals surface area contributed by atoms with Gasteiger partial charge in [-0.1, -0.05) is 64.9 Å². The van der Waals surface area contributed by atoms with Crippen molar-refractivity contribution in [2.75, 3.05) is 6.54 Å². The number of sulfonamides is 1. The van der Waals surface area contributed by atoms with Crippen LogP contribution < -0.4 is 9.60 Å². The molecular formula is C23H20Cl2N2O3S2. The summed E-state index contributed by atoms with van der Waals surface area (Å²) in [5.74, 6) is 0. The quantitative estimate of drug-likeness (QED) is 0.328. The van der Waals surface area contributed by atoms with Gasteiger partial charge in [-0.15, -0.1) is 0 Å². The van der Waals surface area contributed by atoms with Crippen molar-refractivity contribution in [3.05, 3.63) is 97.6 Å². The highest BCUT2D eigenvalue weighted by molar-refractivity contribution is 7.89. The summed E-state index contributed by atoms with van der Waals surface area (Å²) in [7, 11) is -3.69. The van der Waals surface area contributed by atoms with E-state index in [0.29, 0.717) is 46.2 Å². The summed E-state index contributed by atoms with van der Waals surface area (Å²) in [5, 5.41) is 1.31. The summed E-state index contributed by atoms with van der Waals surface area (Å²) in [4.78, 5) is 12.5. The molecule has 1 heterocycles. The summed E-state index contributed by atoms with van der Waals surface area (Å²) in [6.45, 7) is 0.682. The van der Waals surface area contributed by atoms with E-state index in [2.05, 4.69) is 4.72 Å². The highest BCUT2D eigenvalue weighted by Gasteiger charge is 2.17. The number of fused-ring (bicyclic) bond motifs is 1. The predicted molar refractivity (Wildman–Crippen MR) is 132 cm³/mol. The molecule has 4 aromatic rings. The summed E-state index contributed by atoms with van der Waals surface area (Å²) >= 11 is 13.1. The van der Waals surface area contributed by atoms with Gasteiger partial charge in [-0.2, -0.15) is 0 Å². The second-order valence-corrected chi connectivity index (χ2v) is 10.9. The van der Waals surface area contributed by atoms with E-state index >= 15 is 0 Å². The van der Waals surface area contributed by atoms with Gasteiger partial charge in [-0.3, -0.25) is 9.36 Å². The van der Waals surface area contributed by atoms with Crippen LogP contribution in [-0.2, 0) is 23.0 Å². The maximum absolute atomic E-state index is 12.7. The van der Waals surface area contributed by atoms with Crippen LogP contribution in [0, 0.1) is 0 Å². The Morgan fingerprint density at radius 2 is 1.72 bits per heavy atom. The van der Waals surface area contributed by atoms with E-state index in [1.165, 1.54) is 6.07 Å². The number of aryl methyl sites for hydroxylation is 1. The van der Waals surface area contributed by atoms with Crippen LogP contribution in [0.15, 0.2) is 76.4 Å². The van der Waals surface area contributed by atoms with Crippen LogP contribution in [0.5, 0.6) is 0 Å². The van der Waals surface area contributed by atoms with Crippen molar-refractivity contribution in [3.63, 3.8) is 0 Å². The number of nitrogens with one attached hydrogen (secondary N) is 1. The fourth-order valence-electron chi connectivity index (χ4n) is 3.41. The van der Waals surface area contributed by atoms with Gasteiger partial charge in [0.2, 0.25) is 10.0 Å². The Morgan fingerprint density at radius 1 is 0.969 bits per heavy atom. The van der Waals surface area contributed by atoms with Crippen LogP contribution in [0.25, 0.3) is 10.2 Å². The van der Waals surface area contributed by atoms with Crippen molar-refractivity contribution < 1.29 is 8.42 Å². The lowest BCUT2D eigenvalue weighted by Crippen LogP contribution is -2.25. The van der Waals surface area contributed by atoms with E-state index < -0.39 is 10.0 Å². The number of benzene rings is 3. The van der Waals surface area contributed by atoms with E-state index in [1.54, 1.807) is 28.8 Å². The molecule has 0 aliphatic rings. The average Bonchev–Trinajstić information content (AvgIpc) is 3.08. The predicted octanol–water partition coefficient (Wildman–Crippen LogP) is 5.33. The standard InChI is InChI=1S/C23H20Cl2N2O3S2/c24-18-9-7-16(8-10-18)15-27-21-12-11-19(14-22(21)31-23(27)28)32(29,30)26-13-3-5-17-4-1-2-6-20(17)25/h1-2,4,6-12,14,26H,3,5,13,15H2. The second-order valence-electron chi connectivity index (χ2n) is 7.30. The molecule has 1 N–H and O–H groups in total. The van der Waals surface area contributed by atoms with Crippen molar-refractivity contribution >= 4 is 54.8 Å². The van der Waals surface area contributed by atoms with E-state index in [4.69, 9.17) is 23.2 Å². The third-order valence-corrected chi connectivity index (χ3v) is 8.10. The fourth-order valence-corrected chi connectivity index (χ4v) is 5.87. The molecule has 1 aromatic heterocycles. The van der Waals surface area contributed by atoms with E-state index in [9.17, 15) is 13.2 Å². The molecule has 0 amide bonds. The lowest BCUT2D eigenvalue weighted by molar-refractivity contribution is 0.579. The molecule has 3 aromatic carbocycles. The molecule has 0 fully saturated rings. The van der Waals surface area contributed by atoms with Gasteiger partial charge in [-0.25, -0.2) is 13.1 Å². The van der Waals surface area contributed by atoms with Crippen LogP contribution in [0.2, 0.25) is 10.0 Å². The Morgan fingerprint density at radius 3 is 2.47 bits per heavy atom. The highest BCUT2D eigenvalue weighted by Crippen LogP contribution is 2.23. The SMILES string of the molecule is O=c1sc2cc(S(=O)(=O)NCCCc3ccccc3Cl)ccc2n1Cc1ccc(Cl)cc1. The number of thiazole rings is 1. The molecule has 0 radical (unpaired) electrons. The first-order valence-corrected chi connectivity index (χ1v) is 13.0. The Bertz CT molecular complexity index is 1410. The Balaban J connectivity index is 1.47. The first kappa shape index (κ1) is 23.0. The fraction of sp³-hybridized carbons (Fsp3) is 0.174. The zero-order valence-corrected chi connectivity index (χ0v) is 20.1. The number of aromatic nitrogens is 1. The van der Waals surface area contributed by atoms with Crippen molar-refractivity contribution in [2.45, 2.75) is 24.3 Å². The topological polar surface area (TPSA) is 68.2 Å². The number of halogens is 2. The Labute approximate surface area is 200 Å². The summed E-state index contributed by atoms with van der Waals surface area (Å²) in [6.07, 6.45) is 1.30. The first-order chi connectivity index (χ1) is 15.3. The zero-order valence-electron chi connectivity index (χ0n) is 16.9. The van der Waals surface area contributed by atoms with Crippen LogP contribution in [0.1, 0.15) is 17.5 Å². The van der Waals surface area contributed by atoms with Crippen LogP contribution >= 0.6 is 34.5 Å². The van der Waals surface area contributed by atoms with Crippen LogP contribution in [-0.4, -0.2) is 19.5 Å². The summed E-state index contributed by atoms with van der Waals surface area (Å²) in [5.41, 5.74) is 2.63. The molecule has 166 valence electrons. The largest absolute Gasteiger partial charge is 0.308 e. The minimum absolute atomic E-state index is 0.141. The minimum Gasteiger partial charge on any atom is -0.294 e. The molecule has 0 atom stereocenters. The van der Waals surface area contributed by atoms with Gasteiger partial charge in [0, 0.05) is 16.6 Å². The van der Waals surface area contributed by atoms with Gasteiger partial charge in [0.25, 0.3) is 0 Å². The maximum Gasteiger partial charge on any atom is 0.308 e. The third kappa shape index (κ3) is 5.24. The lowest BCUT2D eigenvalue weighted by Gasteiger charge is -2.08. The van der Waals surface area contributed by atoms with Gasteiger partial charge >= 0.3 is 4.87 Å². The van der Waals surface area contributed by atoms with Crippen molar-refractivity contribution in [3.8, 4) is 0 Å². The average molecular weight is 507 g/mol.